The van der Waals surface area contributed by atoms with Crippen LogP contribution >= 0.6 is 0 Å². The first-order valence-electron chi connectivity index (χ1n) is 7.22. The first-order chi connectivity index (χ1) is 10.6. The van der Waals surface area contributed by atoms with Crippen LogP contribution in [0.3, 0.4) is 0 Å². The number of imidazole rings is 1. The van der Waals surface area contributed by atoms with Crippen molar-refractivity contribution in [3.63, 3.8) is 0 Å². The predicted octanol–water partition coefficient (Wildman–Crippen LogP) is 2.79. The minimum absolute atomic E-state index is 0.454. The Labute approximate surface area is 129 Å². The SMILES string of the molecule is C=C(/C=C(\C)COc1cc2c(cn1)CCO2)c1nccn1C. The maximum atomic E-state index is 5.71. The van der Waals surface area contributed by atoms with E-state index in [1.54, 1.807) is 6.20 Å². The molecule has 0 radical (unpaired) electrons. The van der Waals surface area contributed by atoms with Crippen LogP contribution in [0.15, 0.2) is 42.9 Å². The van der Waals surface area contributed by atoms with Crippen LogP contribution in [0.2, 0.25) is 0 Å². The molecule has 0 aliphatic carbocycles. The van der Waals surface area contributed by atoms with Crippen molar-refractivity contribution in [3.8, 4) is 11.6 Å². The number of aromatic nitrogens is 3. The van der Waals surface area contributed by atoms with E-state index in [-0.39, 0.29) is 0 Å². The third kappa shape index (κ3) is 3.03. The van der Waals surface area contributed by atoms with E-state index in [9.17, 15) is 0 Å². The van der Waals surface area contributed by atoms with E-state index in [1.807, 2.05) is 43.1 Å². The highest BCUT2D eigenvalue weighted by Gasteiger charge is 2.13. The van der Waals surface area contributed by atoms with Crippen LogP contribution < -0.4 is 9.47 Å². The molecule has 0 aromatic carbocycles. The Morgan fingerprint density at radius 2 is 2.36 bits per heavy atom. The summed E-state index contributed by atoms with van der Waals surface area (Å²) in [5.74, 6) is 2.31. The summed E-state index contributed by atoms with van der Waals surface area (Å²) >= 11 is 0. The Bertz CT molecular complexity index is 731. The number of pyridine rings is 1. The molecule has 0 spiro atoms. The fraction of sp³-hybridized carbons (Fsp3) is 0.294. The van der Waals surface area contributed by atoms with Gasteiger partial charge in [0.2, 0.25) is 5.88 Å². The number of hydrogen-bond acceptors (Lipinski definition) is 4. The average molecular weight is 297 g/mol. The lowest BCUT2D eigenvalue weighted by Crippen LogP contribution is -2.02. The van der Waals surface area contributed by atoms with E-state index >= 15 is 0 Å². The summed E-state index contributed by atoms with van der Waals surface area (Å²) in [4.78, 5) is 8.57. The average Bonchev–Trinajstić information content (AvgIpc) is 3.12. The molecule has 3 rings (SSSR count). The highest BCUT2D eigenvalue weighted by atomic mass is 16.5. The number of ether oxygens (including phenoxy) is 2. The van der Waals surface area contributed by atoms with Crippen LogP contribution in [0, 0.1) is 0 Å². The van der Waals surface area contributed by atoms with Crippen LogP contribution in [0.5, 0.6) is 11.6 Å². The number of nitrogens with zero attached hydrogens (tertiary/aromatic N) is 3. The van der Waals surface area contributed by atoms with Crippen molar-refractivity contribution in [2.24, 2.45) is 7.05 Å². The van der Waals surface area contributed by atoms with Crippen molar-refractivity contribution >= 4 is 5.57 Å². The first-order valence-corrected chi connectivity index (χ1v) is 7.22. The molecule has 0 N–H and O–H groups in total. The lowest BCUT2D eigenvalue weighted by Gasteiger charge is -2.08. The van der Waals surface area contributed by atoms with Gasteiger partial charge in [-0.25, -0.2) is 9.97 Å². The molecule has 1 aliphatic rings. The van der Waals surface area contributed by atoms with Gasteiger partial charge in [0, 0.05) is 49.3 Å². The smallest absolute Gasteiger partial charge is 0.217 e. The second kappa shape index (κ2) is 6.05. The third-order valence-corrected chi connectivity index (χ3v) is 3.52. The Kier molecular flexibility index (Phi) is 3.96. The molecule has 2 aromatic heterocycles. The summed E-state index contributed by atoms with van der Waals surface area (Å²) in [5, 5.41) is 0. The van der Waals surface area contributed by atoms with Gasteiger partial charge < -0.3 is 14.0 Å². The second-order valence-corrected chi connectivity index (χ2v) is 5.40. The van der Waals surface area contributed by atoms with Gasteiger partial charge in [0.05, 0.1) is 6.61 Å². The van der Waals surface area contributed by atoms with Gasteiger partial charge in [-0.15, -0.1) is 0 Å². The maximum absolute atomic E-state index is 5.71. The molecule has 22 heavy (non-hydrogen) atoms. The molecular formula is C17H19N3O2. The van der Waals surface area contributed by atoms with Crippen molar-refractivity contribution in [1.29, 1.82) is 0 Å². The van der Waals surface area contributed by atoms with Crippen LogP contribution in [0.4, 0.5) is 0 Å². The molecule has 0 amide bonds. The minimum atomic E-state index is 0.454. The minimum Gasteiger partial charge on any atom is -0.493 e. The summed E-state index contributed by atoms with van der Waals surface area (Å²) in [6.45, 7) is 7.23. The zero-order valence-electron chi connectivity index (χ0n) is 12.9. The predicted molar refractivity (Wildman–Crippen MR) is 84.9 cm³/mol. The molecule has 0 unspecified atom stereocenters. The summed E-state index contributed by atoms with van der Waals surface area (Å²) < 4.78 is 13.2. The van der Waals surface area contributed by atoms with Gasteiger partial charge in [0.15, 0.2) is 0 Å². The Hall–Kier alpha value is -2.56. The standard InChI is InChI=1S/C17H19N3O2/c1-12(8-13(2)17-18-5-6-20(17)3)11-22-16-9-15-14(10-19-16)4-7-21-15/h5-6,8-10H,2,4,7,11H2,1,3H3/b12-8+. The van der Waals surface area contributed by atoms with E-state index in [1.165, 1.54) is 0 Å². The lowest BCUT2D eigenvalue weighted by molar-refractivity contribution is 0.329. The van der Waals surface area contributed by atoms with E-state index in [2.05, 4.69) is 16.5 Å². The molecule has 0 fully saturated rings. The molecule has 5 nitrogen and oxygen atoms in total. The van der Waals surface area contributed by atoms with Crippen LogP contribution in [0.25, 0.3) is 5.57 Å². The Morgan fingerprint density at radius 3 is 3.14 bits per heavy atom. The number of rotatable bonds is 5. The van der Waals surface area contributed by atoms with Crippen molar-refractivity contribution in [2.45, 2.75) is 13.3 Å². The van der Waals surface area contributed by atoms with Crippen LogP contribution in [-0.2, 0) is 13.5 Å². The summed E-state index contributed by atoms with van der Waals surface area (Å²) in [5.41, 5.74) is 3.05. The molecule has 2 aromatic rings. The molecule has 0 saturated carbocycles. The van der Waals surface area contributed by atoms with Gasteiger partial charge in [-0.2, -0.15) is 0 Å². The van der Waals surface area contributed by atoms with Crippen molar-refractivity contribution < 1.29 is 9.47 Å². The molecule has 3 heterocycles. The first kappa shape index (κ1) is 14.4. The van der Waals surface area contributed by atoms with Gasteiger partial charge >= 0.3 is 0 Å². The maximum Gasteiger partial charge on any atom is 0.217 e. The molecule has 5 heteroatoms. The lowest BCUT2D eigenvalue weighted by atomic mass is 10.2. The van der Waals surface area contributed by atoms with Crippen molar-refractivity contribution in [3.05, 3.63) is 54.3 Å². The van der Waals surface area contributed by atoms with Crippen molar-refractivity contribution in [2.75, 3.05) is 13.2 Å². The molecule has 114 valence electrons. The summed E-state index contributed by atoms with van der Waals surface area (Å²) in [6, 6.07) is 1.85. The summed E-state index contributed by atoms with van der Waals surface area (Å²) in [7, 11) is 1.95. The monoisotopic (exact) mass is 297 g/mol. The molecule has 0 bridgehead atoms. The number of allylic oxidation sites excluding steroid dienone is 2. The zero-order valence-corrected chi connectivity index (χ0v) is 12.9. The highest BCUT2D eigenvalue weighted by Crippen LogP contribution is 2.27. The van der Waals surface area contributed by atoms with Gasteiger partial charge in [-0.3, -0.25) is 0 Å². The van der Waals surface area contributed by atoms with E-state index in [0.717, 1.165) is 41.3 Å². The topological polar surface area (TPSA) is 49.2 Å². The van der Waals surface area contributed by atoms with Crippen LogP contribution in [0.1, 0.15) is 18.3 Å². The number of fused-ring (bicyclic) bond motifs is 1. The van der Waals surface area contributed by atoms with E-state index in [0.29, 0.717) is 12.5 Å². The third-order valence-electron chi connectivity index (χ3n) is 3.52. The van der Waals surface area contributed by atoms with Crippen LogP contribution in [-0.4, -0.2) is 27.7 Å². The van der Waals surface area contributed by atoms with E-state index < -0.39 is 0 Å². The second-order valence-electron chi connectivity index (χ2n) is 5.40. The van der Waals surface area contributed by atoms with Gasteiger partial charge in [0.25, 0.3) is 0 Å². The van der Waals surface area contributed by atoms with Crippen molar-refractivity contribution in [1.82, 2.24) is 14.5 Å². The largest absolute Gasteiger partial charge is 0.493 e. The normalized spacial score (nSPS) is 13.6. The fourth-order valence-electron chi connectivity index (χ4n) is 2.39. The highest BCUT2D eigenvalue weighted by molar-refractivity contribution is 5.68. The van der Waals surface area contributed by atoms with E-state index in [4.69, 9.17) is 9.47 Å². The molecule has 1 aliphatic heterocycles. The molecular weight excluding hydrogens is 278 g/mol. The number of aryl methyl sites for hydroxylation is 1. The Balaban J connectivity index is 1.62. The van der Waals surface area contributed by atoms with Gasteiger partial charge in [-0.05, 0) is 18.6 Å². The quantitative estimate of drug-likeness (QED) is 0.796. The number of hydrogen-bond donors (Lipinski definition) is 0. The van der Waals surface area contributed by atoms with Gasteiger partial charge in [-0.1, -0.05) is 6.58 Å². The molecule has 0 saturated heterocycles. The zero-order chi connectivity index (χ0) is 15.5. The molecule has 0 atom stereocenters. The Morgan fingerprint density at radius 1 is 1.50 bits per heavy atom. The fourth-order valence-corrected chi connectivity index (χ4v) is 2.39. The van der Waals surface area contributed by atoms with Gasteiger partial charge in [0.1, 0.15) is 18.2 Å². The summed E-state index contributed by atoms with van der Waals surface area (Å²) in [6.07, 6.45) is 8.38.